The van der Waals surface area contributed by atoms with Crippen LogP contribution >= 0.6 is 0 Å². The summed E-state index contributed by atoms with van der Waals surface area (Å²) >= 11 is 0. The van der Waals surface area contributed by atoms with E-state index in [1.165, 1.54) is 5.56 Å². The van der Waals surface area contributed by atoms with Gasteiger partial charge >= 0.3 is 0 Å². The van der Waals surface area contributed by atoms with E-state index in [1.54, 1.807) is 7.11 Å². The molecule has 0 heterocycles. The lowest BCUT2D eigenvalue weighted by molar-refractivity contribution is 0.0310. The van der Waals surface area contributed by atoms with Crippen molar-refractivity contribution in [2.45, 2.75) is 32.8 Å². The fraction of sp³-hybridized carbons (Fsp3) is 0.526. The summed E-state index contributed by atoms with van der Waals surface area (Å²) in [5.74, 6) is 4.05. The quantitative estimate of drug-likeness (QED) is 0.414. The Labute approximate surface area is 145 Å². The van der Waals surface area contributed by atoms with E-state index in [0.29, 0.717) is 13.2 Å². The van der Waals surface area contributed by atoms with E-state index in [2.05, 4.69) is 21.5 Å². The van der Waals surface area contributed by atoms with Crippen molar-refractivity contribution in [3.8, 4) is 18.1 Å². The number of rotatable bonds is 9. The molecule has 0 amide bonds. The fourth-order valence-electron chi connectivity index (χ4n) is 1.88. The lowest BCUT2D eigenvalue weighted by Crippen LogP contribution is -2.40. The second-order valence-corrected chi connectivity index (χ2v) is 5.97. The van der Waals surface area contributed by atoms with Gasteiger partial charge in [0.15, 0.2) is 5.96 Å². The topological polar surface area (TPSA) is 54.9 Å². The first-order valence-corrected chi connectivity index (χ1v) is 8.23. The van der Waals surface area contributed by atoms with Gasteiger partial charge in [-0.2, -0.15) is 0 Å². The molecule has 0 aliphatic heterocycles. The molecule has 0 saturated heterocycles. The minimum Gasteiger partial charge on any atom is -0.481 e. The zero-order chi connectivity index (χ0) is 17.8. The number of benzene rings is 1. The van der Waals surface area contributed by atoms with Gasteiger partial charge in [0.25, 0.3) is 0 Å². The molecular weight excluding hydrogens is 302 g/mol. The summed E-state index contributed by atoms with van der Waals surface area (Å²) in [6.07, 6.45) is 6.07. The van der Waals surface area contributed by atoms with Crippen LogP contribution in [0.3, 0.4) is 0 Å². The highest BCUT2D eigenvalue weighted by atomic mass is 16.5. The van der Waals surface area contributed by atoms with E-state index in [9.17, 15) is 0 Å². The zero-order valence-corrected chi connectivity index (χ0v) is 15.2. The summed E-state index contributed by atoms with van der Waals surface area (Å²) in [5, 5.41) is 6.58. The van der Waals surface area contributed by atoms with Crippen molar-refractivity contribution >= 4 is 5.96 Å². The average molecular weight is 331 g/mol. The Morgan fingerprint density at radius 1 is 1.25 bits per heavy atom. The normalized spacial score (nSPS) is 11.7. The van der Waals surface area contributed by atoms with E-state index >= 15 is 0 Å². The SMILES string of the molecule is C#CCOc1ccc(CCNC(=NCC(C)(C)OC)NCC)cc1. The molecule has 132 valence electrons. The van der Waals surface area contributed by atoms with Crippen LogP contribution in [-0.2, 0) is 11.2 Å². The van der Waals surface area contributed by atoms with Crippen LogP contribution in [0.5, 0.6) is 5.75 Å². The van der Waals surface area contributed by atoms with Crippen LogP contribution in [0.1, 0.15) is 26.3 Å². The van der Waals surface area contributed by atoms with Gasteiger partial charge in [-0.3, -0.25) is 4.99 Å². The number of hydrogen-bond donors (Lipinski definition) is 2. The molecule has 24 heavy (non-hydrogen) atoms. The predicted molar refractivity (Wildman–Crippen MR) is 99.5 cm³/mol. The molecule has 0 atom stereocenters. The van der Waals surface area contributed by atoms with Crippen LogP contribution in [0.15, 0.2) is 29.3 Å². The third kappa shape index (κ3) is 7.89. The second kappa shape index (κ2) is 10.6. The largest absolute Gasteiger partial charge is 0.481 e. The molecule has 0 bridgehead atoms. The summed E-state index contributed by atoms with van der Waals surface area (Å²) in [5.41, 5.74) is 0.958. The molecular formula is C19H29N3O2. The van der Waals surface area contributed by atoms with Gasteiger partial charge in [-0.15, -0.1) is 6.42 Å². The maximum Gasteiger partial charge on any atom is 0.191 e. The minimum absolute atomic E-state index is 0.267. The number of nitrogens with zero attached hydrogens (tertiary/aromatic N) is 1. The number of ether oxygens (including phenoxy) is 2. The molecule has 1 rings (SSSR count). The number of guanidine groups is 1. The van der Waals surface area contributed by atoms with Crippen molar-refractivity contribution in [3.05, 3.63) is 29.8 Å². The van der Waals surface area contributed by atoms with Gasteiger partial charge in [0.2, 0.25) is 0 Å². The Kier molecular flexibility index (Phi) is 8.74. The van der Waals surface area contributed by atoms with E-state index in [4.69, 9.17) is 15.9 Å². The van der Waals surface area contributed by atoms with Gasteiger partial charge < -0.3 is 20.1 Å². The summed E-state index contributed by atoms with van der Waals surface area (Å²) in [4.78, 5) is 4.57. The number of aliphatic imine (C=N–C) groups is 1. The van der Waals surface area contributed by atoms with Crippen molar-refractivity contribution in [1.82, 2.24) is 10.6 Å². The fourth-order valence-corrected chi connectivity index (χ4v) is 1.88. The smallest absolute Gasteiger partial charge is 0.191 e. The molecule has 0 saturated carbocycles. The Bertz CT molecular complexity index is 545. The summed E-state index contributed by atoms with van der Waals surface area (Å²) in [6.45, 7) is 8.59. The summed E-state index contributed by atoms with van der Waals surface area (Å²) in [7, 11) is 1.70. The lowest BCUT2D eigenvalue weighted by Gasteiger charge is -2.21. The number of methoxy groups -OCH3 is 1. The van der Waals surface area contributed by atoms with E-state index in [0.717, 1.165) is 31.2 Å². The van der Waals surface area contributed by atoms with Crippen LogP contribution in [-0.4, -0.2) is 44.9 Å². The van der Waals surface area contributed by atoms with Crippen LogP contribution in [0.25, 0.3) is 0 Å². The molecule has 0 aliphatic rings. The maximum atomic E-state index is 5.39. The van der Waals surface area contributed by atoms with Crippen LogP contribution < -0.4 is 15.4 Å². The van der Waals surface area contributed by atoms with E-state index < -0.39 is 0 Å². The monoisotopic (exact) mass is 331 g/mol. The Morgan fingerprint density at radius 2 is 1.96 bits per heavy atom. The molecule has 1 aromatic carbocycles. The van der Waals surface area contributed by atoms with Crippen molar-refractivity contribution in [2.24, 2.45) is 4.99 Å². The number of nitrogens with one attached hydrogen (secondary N) is 2. The first kappa shape index (κ1) is 19.9. The molecule has 0 fully saturated rings. The lowest BCUT2D eigenvalue weighted by atomic mass is 10.1. The van der Waals surface area contributed by atoms with E-state index in [-0.39, 0.29) is 5.60 Å². The first-order valence-electron chi connectivity index (χ1n) is 8.23. The third-order valence-electron chi connectivity index (χ3n) is 3.47. The highest BCUT2D eigenvalue weighted by molar-refractivity contribution is 5.79. The van der Waals surface area contributed by atoms with Crippen molar-refractivity contribution < 1.29 is 9.47 Å². The maximum absolute atomic E-state index is 5.39. The van der Waals surface area contributed by atoms with Gasteiger partial charge in [-0.25, -0.2) is 0 Å². The van der Waals surface area contributed by atoms with Crippen molar-refractivity contribution in [2.75, 3.05) is 33.4 Å². The van der Waals surface area contributed by atoms with Gasteiger partial charge in [0, 0.05) is 20.2 Å². The molecule has 1 aromatic rings. The van der Waals surface area contributed by atoms with Crippen LogP contribution in [0, 0.1) is 12.3 Å². The highest BCUT2D eigenvalue weighted by Gasteiger charge is 2.15. The zero-order valence-electron chi connectivity index (χ0n) is 15.2. The standard InChI is InChI=1S/C19H29N3O2/c1-6-14-24-17-10-8-16(9-11-17)12-13-21-18(20-7-2)22-15-19(3,4)23-5/h1,8-11H,7,12-15H2,2-5H3,(H2,20,21,22). The molecule has 0 aromatic heterocycles. The number of hydrogen-bond acceptors (Lipinski definition) is 3. The van der Waals surface area contributed by atoms with Gasteiger partial charge in [-0.05, 0) is 44.9 Å². The summed E-state index contributed by atoms with van der Waals surface area (Å²) in [6, 6.07) is 7.97. The molecule has 5 nitrogen and oxygen atoms in total. The predicted octanol–water partition coefficient (Wildman–Crippen LogP) is 2.22. The Balaban J connectivity index is 2.47. The molecule has 0 unspecified atom stereocenters. The van der Waals surface area contributed by atoms with Crippen molar-refractivity contribution in [3.63, 3.8) is 0 Å². The average Bonchev–Trinajstić information content (AvgIpc) is 2.59. The molecule has 2 N–H and O–H groups in total. The summed E-state index contributed by atoms with van der Waals surface area (Å²) < 4.78 is 10.8. The highest BCUT2D eigenvalue weighted by Crippen LogP contribution is 2.12. The molecule has 0 aliphatic carbocycles. The van der Waals surface area contributed by atoms with Gasteiger partial charge in [-0.1, -0.05) is 18.1 Å². The van der Waals surface area contributed by atoms with E-state index in [1.807, 2.05) is 45.0 Å². The van der Waals surface area contributed by atoms with Crippen molar-refractivity contribution in [1.29, 1.82) is 0 Å². The molecule has 0 radical (unpaired) electrons. The molecule has 5 heteroatoms. The van der Waals surface area contributed by atoms with Gasteiger partial charge in [0.1, 0.15) is 12.4 Å². The third-order valence-corrected chi connectivity index (χ3v) is 3.47. The Hall–Kier alpha value is -2.19. The first-order chi connectivity index (χ1) is 11.5. The number of terminal acetylenes is 1. The van der Waals surface area contributed by atoms with Gasteiger partial charge in [0.05, 0.1) is 12.1 Å². The van der Waals surface area contributed by atoms with Crippen LogP contribution in [0.4, 0.5) is 0 Å². The Morgan fingerprint density at radius 3 is 2.54 bits per heavy atom. The molecule has 0 spiro atoms. The van der Waals surface area contributed by atoms with Crippen LogP contribution in [0.2, 0.25) is 0 Å². The second-order valence-electron chi connectivity index (χ2n) is 5.97. The minimum atomic E-state index is -0.267.